The second kappa shape index (κ2) is 5.20. The van der Waals surface area contributed by atoms with Crippen molar-refractivity contribution in [3.8, 4) is 0 Å². The predicted molar refractivity (Wildman–Crippen MR) is 74.7 cm³/mol. The summed E-state index contributed by atoms with van der Waals surface area (Å²) in [6.07, 6.45) is -0.00951. The number of hydrogen-bond acceptors (Lipinski definition) is 7. The number of primary amides is 1. The summed E-state index contributed by atoms with van der Waals surface area (Å²) in [5.41, 5.74) is 11.1. The van der Waals surface area contributed by atoms with Crippen molar-refractivity contribution in [1.29, 1.82) is 0 Å². The summed E-state index contributed by atoms with van der Waals surface area (Å²) in [4.78, 5) is 15.1. The molecule has 1 amide bonds. The van der Waals surface area contributed by atoms with Crippen molar-refractivity contribution in [1.82, 2.24) is 9.55 Å². The van der Waals surface area contributed by atoms with E-state index in [1.807, 2.05) is 13.8 Å². The van der Waals surface area contributed by atoms with Crippen LogP contribution >= 0.6 is 0 Å². The zero-order valence-corrected chi connectivity index (χ0v) is 12.7. The van der Waals surface area contributed by atoms with Gasteiger partial charge in [-0.15, -0.1) is 0 Å². The summed E-state index contributed by atoms with van der Waals surface area (Å²) in [5, 5.41) is 0. The molecule has 0 aromatic carbocycles. The number of nitrogens with two attached hydrogens (primary N) is 2. The number of nitrogen functional groups attached to an aromatic ring is 1. The number of hydrogen-bond donors (Lipinski definition) is 2. The van der Waals surface area contributed by atoms with Gasteiger partial charge in [-0.3, -0.25) is 4.79 Å². The maximum Gasteiger partial charge on any atom is 0.271 e. The van der Waals surface area contributed by atoms with Crippen LogP contribution in [0.3, 0.4) is 0 Å². The molecule has 0 spiro atoms. The van der Waals surface area contributed by atoms with E-state index in [4.69, 9.17) is 30.4 Å². The number of amides is 1. The van der Waals surface area contributed by atoms with Gasteiger partial charge in [0.2, 0.25) is 0 Å². The van der Waals surface area contributed by atoms with E-state index in [-0.39, 0.29) is 29.8 Å². The fourth-order valence-electron chi connectivity index (χ4n) is 2.90. The van der Waals surface area contributed by atoms with Crippen LogP contribution in [-0.2, 0) is 25.5 Å². The van der Waals surface area contributed by atoms with Gasteiger partial charge in [0.15, 0.2) is 17.8 Å². The first kappa shape index (κ1) is 15.2. The van der Waals surface area contributed by atoms with Crippen molar-refractivity contribution >= 4 is 11.7 Å². The van der Waals surface area contributed by atoms with Crippen LogP contribution in [0.15, 0.2) is 6.33 Å². The van der Waals surface area contributed by atoms with Crippen LogP contribution in [0.1, 0.15) is 24.3 Å². The molecule has 4 N–H and O–H groups in total. The summed E-state index contributed by atoms with van der Waals surface area (Å²) >= 11 is 0. The van der Waals surface area contributed by atoms with Gasteiger partial charge < -0.3 is 35.0 Å². The van der Waals surface area contributed by atoms with Crippen molar-refractivity contribution < 1.29 is 23.7 Å². The number of carbonyl (C=O) groups excluding carboxylic acids is 1. The Hall–Kier alpha value is -1.68. The number of aromatic nitrogens is 2. The maximum absolute atomic E-state index is 11.2. The largest absolute Gasteiger partial charge is 0.383 e. The predicted octanol–water partition coefficient (Wildman–Crippen LogP) is -0.544. The minimum Gasteiger partial charge on any atom is -0.383 e. The van der Waals surface area contributed by atoms with Crippen LogP contribution in [0, 0.1) is 0 Å². The molecule has 2 fully saturated rings. The fourth-order valence-corrected chi connectivity index (χ4v) is 2.90. The number of fused-ring (bicyclic) bond motifs is 1. The Morgan fingerprint density at radius 2 is 2.14 bits per heavy atom. The van der Waals surface area contributed by atoms with Crippen molar-refractivity contribution in [2.24, 2.45) is 5.73 Å². The van der Waals surface area contributed by atoms with E-state index in [1.165, 1.54) is 6.33 Å². The van der Waals surface area contributed by atoms with Crippen molar-refractivity contribution in [2.45, 2.75) is 50.8 Å². The molecule has 122 valence electrons. The lowest BCUT2D eigenvalue weighted by Crippen LogP contribution is -2.33. The lowest BCUT2D eigenvalue weighted by Gasteiger charge is -2.23. The van der Waals surface area contributed by atoms with Crippen molar-refractivity contribution in [3.05, 3.63) is 12.0 Å². The van der Waals surface area contributed by atoms with Gasteiger partial charge in [0, 0.05) is 7.11 Å². The lowest BCUT2D eigenvalue weighted by molar-refractivity contribution is -0.228. The van der Waals surface area contributed by atoms with E-state index in [0.717, 1.165) is 0 Å². The van der Waals surface area contributed by atoms with Gasteiger partial charge >= 0.3 is 0 Å². The molecule has 0 saturated carbocycles. The van der Waals surface area contributed by atoms with E-state index >= 15 is 0 Å². The summed E-state index contributed by atoms with van der Waals surface area (Å²) in [7, 11) is 1.55. The number of imidazole rings is 1. The van der Waals surface area contributed by atoms with Crippen LogP contribution in [-0.4, -0.2) is 53.0 Å². The molecule has 3 rings (SSSR count). The first-order valence-corrected chi connectivity index (χ1v) is 6.96. The average molecular weight is 312 g/mol. The van der Waals surface area contributed by atoms with Gasteiger partial charge in [-0.05, 0) is 13.8 Å². The molecule has 2 aliphatic rings. The highest BCUT2D eigenvalue weighted by atomic mass is 16.8. The van der Waals surface area contributed by atoms with Crippen LogP contribution in [0.2, 0.25) is 0 Å². The molecular formula is C13H20N4O5. The van der Waals surface area contributed by atoms with E-state index in [2.05, 4.69) is 4.98 Å². The van der Waals surface area contributed by atoms with Crippen LogP contribution in [0.5, 0.6) is 0 Å². The third-order valence-corrected chi connectivity index (χ3v) is 3.83. The number of anilines is 1. The van der Waals surface area contributed by atoms with Crippen molar-refractivity contribution in [2.75, 3.05) is 12.8 Å². The van der Waals surface area contributed by atoms with E-state index in [9.17, 15) is 4.79 Å². The smallest absolute Gasteiger partial charge is 0.271 e. The quantitative estimate of drug-likeness (QED) is 0.764. The number of ether oxygens (including phenoxy) is 4. The SMILES string of the molecule is CO[C@@H]1O[C@H](Cn2cnc(C(N)=O)c2N)[C@@H]2OC(C)(C)OC12. The molecule has 1 aromatic heterocycles. The van der Waals surface area contributed by atoms with E-state index in [0.29, 0.717) is 6.54 Å². The molecule has 0 radical (unpaired) electrons. The highest BCUT2D eigenvalue weighted by molar-refractivity contribution is 5.95. The second-order valence-electron chi connectivity index (χ2n) is 5.84. The molecule has 3 heterocycles. The zero-order valence-electron chi connectivity index (χ0n) is 12.7. The molecule has 2 aliphatic heterocycles. The maximum atomic E-state index is 11.2. The van der Waals surface area contributed by atoms with E-state index < -0.39 is 18.0 Å². The molecule has 0 bridgehead atoms. The number of nitrogens with zero attached hydrogens (tertiary/aromatic N) is 2. The fraction of sp³-hybridized carbons (Fsp3) is 0.692. The van der Waals surface area contributed by atoms with Crippen LogP contribution in [0.4, 0.5) is 5.82 Å². The van der Waals surface area contributed by atoms with E-state index in [1.54, 1.807) is 11.7 Å². The Bertz CT molecular complexity index is 587. The third kappa shape index (κ3) is 2.45. The van der Waals surface area contributed by atoms with Gasteiger partial charge in [-0.25, -0.2) is 4.98 Å². The molecule has 2 saturated heterocycles. The average Bonchev–Trinajstić information content (AvgIpc) is 3.03. The number of rotatable bonds is 4. The standard InChI is InChI=1S/C13H20N4O5/c1-13(2)21-8-6(20-12(19-3)9(8)22-13)4-17-5-16-7(10(17)14)11(15)18/h5-6,8-9,12H,4,14H2,1-3H3,(H2,15,18)/t6-,8+,9?,12-/m1/s1. The summed E-state index contributed by atoms with van der Waals surface area (Å²) in [5.74, 6) is -1.17. The Labute approximate surface area is 127 Å². The number of methoxy groups -OCH3 is 1. The molecular weight excluding hydrogens is 292 g/mol. The Balaban J connectivity index is 1.79. The molecule has 4 atom stereocenters. The lowest BCUT2D eigenvalue weighted by atomic mass is 10.1. The first-order valence-electron chi connectivity index (χ1n) is 6.96. The third-order valence-electron chi connectivity index (χ3n) is 3.83. The highest BCUT2D eigenvalue weighted by Crippen LogP contribution is 2.39. The molecule has 9 nitrogen and oxygen atoms in total. The van der Waals surface area contributed by atoms with Gasteiger partial charge in [0.25, 0.3) is 5.91 Å². The normalized spacial score (nSPS) is 33.0. The zero-order chi connectivity index (χ0) is 16.1. The summed E-state index contributed by atoms with van der Waals surface area (Å²) < 4.78 is 24.4. The minimum absolute atomic E-state index is 0.0433. The molecule has 1 unspecified atom stereocenters. The van der Waals surface area contributed by atoms with Gasteiger partial charge in [-0.1, -0.05) is 0 Å². The molecule has 9 heteroatoms. The van der Waals surface area contributed by atoms with Gasteiger partial charge in [0.1, 0.15) is 24.1 Å². The number of carbonyl (C=O) groups is 1. The second-order valence-corrected chi connectivity index (χ2v) is 5.84. The van der Waals surface area contributed by atoms with Crippen molar-refractivity contribution in [3.63, 3.8) is 0 Å². The molecule has 1 aromatic rings. The summed E-state index contributed by atoms with van der Waals surface area (Å²) in [6, 6.07) is 0. The van der Waals surface area contributed by atoms with Gasteiger partial charge in [0.05, 0.1) is 12.9 Å². The Morgan fingerprint density at radius 1 is 1.45 bits per heavy atom. The topological polar surface area (TPSA) is 124 Å². The van der Waals surface area contributed by atoms with Gasteiger partial charge in [-0.2, -0.15) is 0 Å². The van der Waals surface area contributed by atoms with Crippen LogP contribution in [0.25, 0.3) is 0 Å². The first-order chi connectivity index (χ1) is 10.3. The highest BCUT2D eigenvalue weighted by Gasteiger charge is 2.55. The monoisotopic (exact) mass is 312 g/mol. The molecule has 0 aliphatic carbocycles. The van der Waals surface area contributed by atoms with Crippen LogP contribution < -0.4 is 11.5 Å². The Kier molecular flexibility index (Phi) is 3.60. The Morgan fingerprint density at radius 3 is 2.73 bits per heavy atom. The molecule has 22 heavy (non-hydrogen) atoms. The summed E-state index contributed by atoms with van der Waals surface area (Å²) in [6.45, 7) is 4.03. The minimum atomic E-state index is -0.701.